The third-order valence-corrected chi connectivity index (χ3v) is 3.73. The van der Waals surface area contributed by atoms with E-state index in [2.05, 4.69) is 26.0 Å². The molecule has 0 aliphatic carbocycles. The Hall–Kier alpha value is -2.55. The van der Waals surface area contributed by atoms with Crippen LogP contribution in [0, 0.1) is 6.92 Å². The molecule has 0 aliphatic heterocycles. The Morgan fingerprint density at radius 3 is 2.73 bits per heavy atom. The van der Waals surface area contributed by atoms with Crippen molar-refractivity contribution in [1.82, 2.24) is 9.66 Å². The number of nitrogen functional groups attached to an aromatic ring is 1. The SMILES string of the molecule is CCOC(=O)COc1c(Br)cc(C=Nn2cc(C)nc2N)cc1OCC. The molecule has 0 radical (unpaired) electrons. The van der Waals surface area contributed by atoms with E-state index in [1.807, 2.05) is 13.8 Å². The Kier molecular flexibility index (Phi) is 7.02. The molecule has 0 saturated carbocycles. The highest BCUT2D eigenvalue weighted by Crippen LogP contribution is 2.36. The zero-order valence-corrected chi connectivity index (χ0v) is 16.4. The van der Waals surface area contributed by atoms with Gasteiger partial charge in [-0.3, -0.25) is 0 Å². The second kappa shape index (κ2) is 9.23. The first kappa shape index (κ1) is 19.8. The average Bonchev–Trinajstić information content (AvgIpc) is 2.90. The lowest BCUT2D eigenvalue weighted by atomic mass is 10.2. The monoisotopic (exact) mass is 424 g/mol. The minimum Gasteiger partial charge on any atom is -0.490 e. The van der Waals surface area contributed by atoms with Crippen LogP contribution < -0.4 is 15.2 Å². The molecule has 26 heavy (non-hydrogen) atoms. The number of halogens is 1. The maximum absolute atomic E-state index is 11.5. The Bertz CT molecular complexity index is 804. The highest BCUT2D eigenvalue weighted by atomic mass is 79.9. The van der Waals surface area contributed by atoms with Crippen molar-refractivity contribution in [3.05, 3.63) is 34.1 Å². The fourth-order valence-electron chi connectivity index (χ4n) is 2.12. The van der Waals surface area contributed by atoms with Crippen LogP contribution in [0.25, 0.3) is 0 Å². The predicted molar refractivity (Wildman–Crippen MR) is 102 cm³/mol. The van der Waals surface area contributed by atoms with Crippen LogP contribution in [0.15, 0.2) is 27.9 Å². The van der Waals surface area contributed by atoms with E-state index in [0.717, 1.165) is 11.3 Å². The van der Waals surface area contributed by atoms with Gasteiger partial charge in [-0.15, -0.1) is 0 Å². The second-order valence-electron chi connectivity index (χ2n) is 5.19. The van der Waals surface area contributed by atoms with Crippen LogP contribution in [0.4, 0.5) is 5.95 Å². The van der Waals surface area contributed by atoms with E-state index in [1.165, 1.54) is 4.68 Å². The molecule has 0 aliphatic rings. The molecule has 0 atom stereocenters. The quantitative estimate of drug-likeness (QED) is 0.516. The third kappa shape index (κ3) is 5.22. The minimum absolute atomic E-state index is 0.204. The molecule has 1 aromatic heterocycles. The van der Waals surface area contributed by atoms with Crippen molar-refractivity contribution in [1.29, 1.82) is 0 Å². The highest BCUT2D eigenvalue weighted by molar-refractivity contribution is 9.10. The number of imidazole rings is 1. The molecule has 0 spiro atoms. The molecule has 0 unspecified atom stereocenters. The average molecular weight is 425 g/mol. The zero-order chi connectivity index (χ0) is 19.1. The van der Waals surface area contributed by atoms with Crippen LogP contribution >= 0.6 is 15.9 Å². The van der Waals surface area contributed by atoms with Gasteiger partial charge in [0.15, 0.2) is 18.1 Å². The minimum atomic E-state index is -0.446. The number of aryl methyl sites for hydroxylation is 1. The molecule has 0 fully saturated rings. The molecular weight excluding hydrogens is 404 g/mol. The van der Waals surface area contributed by atoms with E-state index >= 15 is 0 Å². The summed E-state index contributed by atoms with van der Waals surface area (Å²) in [4.78, 5) is 15.6. The van der Waals surface area contributed by atoms with Crippen molar-refractivity contribution < 1.29 is 19.0 Å². The van der Waals surface area contributed by atoms with Gasteiger partial charge in [-0.1, -0.05) is 0 Å². The Labute approximate surface area is 160 Å². The van der Waals surface area contributed by atoms with Crippen LogP contribution in [0.1, 0.15) is 25.1 Å². The Morgan fingerprint density at radius 2 is 2.12 bits per heavy atom. The van der Waals surface area contributed by atoms with Gasteiger partial charge in [0.1, 0.15) is 0 Å². The van der Waals surface area contributed by atoms with Crippen molar-refractivity contribution in [3.63, 3.8) is 0 Å². The Morgan fingerprint density at radius 1 is 1.35 bits per heavy atom. The number of carbonyl (C=O) groups is 1. The van der Waals surface area contributed by atoms with E-state index in [0.29, 0.717) is 35.1 Å². The van der Waals surface area contributed by atoms with Gasteiger partial charge in [-0.05, 0) is 54.4 Å². The highest BCUT2D eigenvalue weighted by Gasteiger charge is 2.14. The molecule has 1 heterocycles. The number of carbonyl (C=O) groups excluding carboxylic acids is 1. The van der Waals surface area contributed by atoms with E-state index in [9.17, 15) is 4.79 Å². The number of anilines is 1. The van der Waals surface area contributed by atoms with Crippen LogP contribution in [-0.2, 0) is 9.53 Å². The van der Waals surface area contributed by atoms with Crippen molar-refractivity contribution in [2.45, 2.75) is 20.8 Å². The van der Waals surface area contributed by atoms with Gasteiger partial charge in [-0.2, -0.15) is 5.10 Å². The summed E-state index contributed by atoms with van der Waals surface area (Å²) in [6.07, 6.45) is 3.35. The van der Waals surface area contributed by atoms with Crippen molar-refractivity contribution in [2.75, 3.05) is 25.6 Å². The number of nitrogens with zero attached hydrogens (tertiary/aromatic N) is 3. The van der Waals surface area contributed by atoms with E-state index in [1.54, 1.807) is 31.5 Å². The number of hydrogen-bond donors (Lipinski definition) is 1. The topological polar surface area (TPSA) is 101 Å². The van der Waals surface area contributed by atoms with E-state index < -0.39 is 5.97 Å². The van der Waals surface area contributed by atoms with Gasteiger partial charge in [0.2, 0.25) is 5.95 Å². The fourth-order valence-corrected chi connectivity index (χ4v) is 2.70. The van der Waals surface area contributed by atoms with Crippen LogP contribution in [0.2, 0.25) is 0 Å². The summed E-state index contributed by atoms with van der Waals surface area (Å²) >= 11 is 3.44. The summed E-state index contributed by atoms with van der Waals surface area (Å²) in [6, 6.07) is 3.56. The number of nitrogens with two attached hydrogens (primary N) is 1. The smallest absolute Gasteiger partial charge is 0.344 e. The molecule has 0 bridgehead atoms. The van der Waals surface area contributed by atoms with Crippen molar-refractivity contribution in [3.8, 4) is 11.5 Å². The molecule has 140 valence electrons. The lowest BCUT2D eigenvalue weighted by Gasteiger charge is -2.14. The van der Waals surface area contributed by atoms with Crippen molar-refractivity contribution >= 4 is 34.1 Å². The van der Waals surface area contributed by atoms with Gasteiger partial charge in [-0.25, -0.2) is 14.5 Å². The van der Waals surface area contributed by atoms with Gasteiger partial charge < -0.3 is 19.9 Å². The van der Waals surface area contributed by atoms with Crippen LogP contribution in [-0.4, -0.2) is 41.7 Å². The van der Waals surface area contributed by atoms with Gasteiger partial charge in [0.05, 0.1) is 35.8 Å². The van der Waals surface area contributed by atoms with Gasteiger partial charge in [0, 0.05) is 0 Å². The standard InChI is InChI=1S/C17H21BrN4O4/c1-4-24-14-7-12(8-20-22-9-11(3)21-17(22)19)6-13(18)16(14)26-10-15(23)25-5-2/h6-9H,4-5,10H2,1-3H3,(H2,19,21). The first-order valence-electron chi connectivity index (χ1n) is 8.05. The molecule has 1 aromatic carbocycles. The molecule has 2 N–H and O–H groups in total. The molecular formula is C17H21BrN4O4. The fraction of sp³-hybridized carbons (Fsp3) is 0.353. The van der Waals surface area contributed by atoms with Gasteiger partial charge >= 0.3 is 5.97 Å². The maximum Gasteiger partial charge on any atom is 0.344 e. The summed E-state index contributed by atoms with van der Waals surface area (Å²) in [7, 11) is 0. The third-order valence-electron chi connectivity index (χ3n) is 3.14. The number of hydrogen-bond acceptors (Lipinski definition) is 7. The molecule has 0 saturated heterocycles. The molecule has 0 amide bonds. The zero-order valence-electron chi connectivity index (χ0n) is 14.9. The predicted octanol–water partition coefficient (Wildman–Crippen LogP) is 2.76. The number of esters is 1. The summed E-state index contributed by atoms with van der Waals surface area (Å²) < 4.78 is 18.1. The van der Waals surface area contributed by atoms with Crippen molar-refractivity contribution in [2.24, 2.45) is 5.10 Å². The lowest BCUT2D eigenvalue weighted by Crippen LogP contribution is -2.15. The summed E-state index contributed by atoms with van der Waals surface area (Å²) in [5, 5.41) is 4.28. The number of ether oxygens (including phenoxy) is 3. The largest absolute Gasteiger partial charge is 0.490 e. The number of aromatic nitrogens is 2. The van der Waals surface area contributed by atoms with Crippen LogP contribution in [0.3, 0.4) is 0 Å². The number of rotatable bonds is 8. The first-order valence-corrected chi connectivity index (χ1v) is 8.84. The molecule has 2 rings (SSSR count). The summed E-state index contributed by atoms with van der Waals surface area (Å²) in [5.41, 5.74) is 7.31. The summed E-state index contributed by atoms with van der Waals surface area (Å²) in [5.74, 6) is 0.771. The summed E-state index contributed by atoms with van der Waals surface area (Å²) in [6.45, 7) is 5.97. The Balaban J connectivity index is 2.24. The molecule has 8 nitrogen and oxygen atoms in total. The molecule has 9 heteroatoms. The normalized spacial score (nSPS) is 10.9. The van der Waals surface area contributed by atoms with Gasteiger partial charge in [0.25, 0.3) is 0 Å². The lowest BCUT2D eigenvalue weighted by molar-refractivity contribution is -0.145. The van der Waals surface area contributed by atoms with E-state index in [4.69, 9.17) is 19.9 Å². The van der Waals surface area contributed by atoms with Crippen LogP contribution in [0.5, 0.6) is 11.5 Å². The second-order valence-corrected chi connectivity index (χ2v) is 6.04. The molecule has 2 aromatic rings. The van der Waals surface area contributed by atoms with E-state index in [-0.39, 0.29) is 6.61 Å². The first-order chi connectivity index (χ1) is 12.4. The maximum atomic E-state index is 11.5. The number of benzene rings is 1.